The van der Waals surface area contributed by atoms with Crippen molar-refractivity contribution in [3.8, 4) is 45.6 Å². The molecule has 3 aliphatic rings. The predicted octanol–water partition coefficient (Wildman–Crippen LogP) is 8.86. The molecular formula is C61H60N14O7. The van der Waals surface area contributed by atoms with Gasteiger partial charge in [-0.3, -0.25) is 4.79 Å². The Balaban J connectivity index is 0.817. The Labute approximate surface area is 473 Å². The van der Waals surface area contributed by atoms with Crippen LogP contribution in [0.3, 0.4) is 0 Å². The van der Waals surface area contributed by atoms with Gasteiger partial charge in [-0.15, -0.1) is 5.06 Å². The number of carbonyl (C=O) groups excluding carboxylic acids is 4. The van der Waals surface area contributed by atoms with Gasteiger partial charge in [-0.25, -0.2) is 24.4 Å². The normalized spacial score (nSPS) is 14.6. The number of nitrogens with zero attached hydrogens (tertiary/aromatic N) is 11. The predicted molar refractivity (Wildman–Crippen MR) is 313 cm³/mol. The molecule has 3 N–H and O–H groups in total. The average Bonchev–Trinajstić information content (AvgIpc) is 3.71. The smallest absolute Gasteiger partial charge is 0.363 e. The Hall–Kier alpha value is -9.70. The lowest BCUT2D eigenvalue weighted by Crippen LogP contribution is -2.47. The number of aromatic nitrogens is 6. The van der Waals surface area contributed by atoms with Gasteiger partial charge in [-0.1, -0.05) is 71.8 Å². The molecule has 2 aromatic heterocycles. The number of hydrogen-bond acceptors (Lipinski definition) is 16. The molecular weight excluding hydrogens is 1040 g/mol. The molecule has 3 saturated heterocycles. The number of anilines is 6. The van der Waals surface area contributed by atoms with Crippen molar-refractivity contribution in [1.29, 1.82) is 0 Å². The first-order valence-electron chi connectivity index (χ1n) is 27.1. The van der Waals surface area contributed by atoms with E-state index >= 15 is 0 Å². The molecule has 0 spiro atoms. The molecule has 8 aromatic rings. The molecule has 21 heteroatoms. The molecule has 3 aliphatic heterocycles. The standard InChI is InChI=1S/C61H60N14O7/c1-40-10-14-42(15-11-40)52-65-54(69-58(67-52)73-30-34-80-35-31-73)44-18-22-48(23-19-44)62-60(78)63-49-8-5-7-47(39-49)57(77)82-75(61(79)64-50-9-4-6-46(38-50)56(76)72-28-26-71(3)27-29-72)51-24-20-45(21-25-51)55-66-53(43-16-12-41(2)13-17-43)68-59(70-55)74-32-36-81-37-33-74/h4-25,38-39H,26-37H2,1-3H3,(H,64,79)(H2,62,63,78). The van der Waals surface area contributed by atoms with Crippen molar-refractivity contribution in [3.63, 3.8) is 0 Å². The van der Waals surface area contributed by atoms with Gasteiger partial charge in [-0.05, 0) is 106 Å². The summed E-state index contributed by atoms with van der Waals surface area (Å²) in [5, 5.41) is 9.30. The fourth-order valence-electron chi connectivity index (χ4n) is 9.37. The highest BCUT2D eigenvalue weighted by molar-refractivity contribution is 6.05. The van der Waals surface area contributed by atoms with Crippen molar-refractivity contribution in [1.82, 2.24) is 39.7 Å². The van der Waals surface area contributed by atoms with Gasteiger partial charge in [0.2, 0.25) is 11.9 Å². The number of amides is 5. The Morgan fingerprint density at radius 1 is 0.476 bits per heavy atom. The number of carbonyl (C=O) groups is 4. The van der Waals surface area contributed by atoms with Crippen LogP contribution in [0.25, 0.3) is 45.6 Å². The highest BCUT2D eigenvalue weighted by Crippen LogP contribution is 2.29. The minimum atomic E-state index is -0.908. The molecule has 5 heterocycles. The Bertz CT molecular complexity index is 3590. The zero-order valence-electron chi connectivity index (χ0n) is 45.6. The summed E-state index contributed by atoms with van der Waals surface area (Å²) >= 11 is 0. The number of hydroxylamine groups is 1. The number of likely N-dealkylation sites (N-methyl/N-ethyl adjacent to an activating group) is 1. The maximum absolute atomic E-state index is 14.5. The Morgan fingerprint density at radius 2 is 0.902 bits per heavy atom. The number of rotatable bonds is 12. The fourth-order valence-corrected chi connectivity index (χ4v) is 9.37. The van der Waals surface area contributed by atoms with Crippen LogP contribution in [0.5, 0.6) is 0 Å². The zero-order valence-corrected chi connectivity index (χ0v) is 45.6. The van der Waals surface area contributed by atoms with Gasteiger partial charge in [0, 0.05) is 97.2 Å². The molecule has 3 fully saturated rings. The summed E-state index contributed by atoms with van der Waals surface area (Å²) in [6.45, 7) is 11.4. The summed E-state index contributed by atoms with van der Waals surface area (Å²) in [7, 11) is 2.01. The fraction of sp³-hybridized carbons (Fsp3) is 0.246. The third kappa shape index (κ3) is 13.1. The third-order valence-electron chi connectivity index (χ3n) is 14.1. The number of morpholine rings is 2. The van der Waals surface area contributed by atoms with Gasteiger partial charge >= 0.3 is 18.0 Å². The van der Waals surface area contributed by atoms with Crippen LogP contribution in [0, 0.1) is 13.8 Å². The van der Waals surface area contributed by atoms with Crippen molar-refractivity contribution in [2.24, 2.45) is 0 Å². The molecule has 0 atom stereocenters. The molecule has 0 unspecified atom stereocenters. The van der Waals surface area contributed by atoms with Crippen molar-refractivity contribution in [3.05, 3.63) is 168 Å². The van der Waals surface area contributed by atoms with E-state index in [4.69, 9.17) is 44.2 Å². The number of ether oxygens (including phenoxy) is 2. The van der Waals surface area contributed by atoms with Crippen LogP contribution in [0.15, 0.2) is 146 Å². The first kappa shape index (κ1) is 54.3. The minimum absolute atomic E-state index is 0.0274. The number of benzene rings is 6. The largest absolute Gasteiger partial charge is 0.378 e. The second-order valence-corrected chi connectivity index (χ2v) is 20.1. The summed E-state index contributed by atoms with van der Waals surface area (Å²) in [6, 6.07) is 41.1. The quantitative estimate of drug-likeness (QED) is 0.0971. The van der Waals surface area contributed by atoms with E-state index in [9.17, 15) is 19.2 Å². The second-order valence-electron chi connectivity index (χ2n) is 20.1. The first-order valence-corrected chi connectivity index (χ1v) is 27.1. The van der Waals surface area contributed by atoms with Gasteiger partial charge in [-0.2, -0.15) is 19.9 Å². The van der Waals surface area contributed by atoms with Crippen LogP contribution in [-0.2, 0) is 14.3 Å². The summed E-state index contributed by atoms with van der Waals surface area (Å²) in [5.41, 5.74) is 6.89. The van der Waals surface area contributed by atoms with Crippen LogP contribution in [0.1, 0.15) is 31.8 Å². The molecule has 0 saturated carbocycles. The van der Waals surface area contributed by atoms with E-state index in [1.165, 1.54) is 12.1 Å². The van der Waals surface area contributed by atoms with Crippen molar-refractivity contribution in [2.45, 2.75) is 13.8 Å². The zero-order chi connectivity index (χ0) is 56.5. The maximum atomic E-state index is 14.5. The molecule has 5 amide bonds. The highest BCUT2D eigenvalue weighted by Gasteiger charge is 2.27. The molecule has 416 valence electrons. The molecule has 0 bridgehead atoms. The van der Waals surface area contributed by atoms with E-state index in [2.05, 4.69) is 30.7 Å². The van der Waals surface area contributed by atoms with Crippen LogP contribution in [0.2, 0.25) is 0 Å². The first-order chi connectivity index (χ1) is 39.9. The lowest BCUT2D eigenvalue weighted by Gasteiger charge is -2.32. The van der Waals surface area contributed by atoms with E-state index in [0.717, 1.165) is 46.0 Å². The van der Waals surface area contributed by atoms with Crippen LogP contribution >= 0.6 is 0 Å². The molecule has 0 aliphatic carbocycles. The van der Waals surface area contributed by atoms with Gasteiger partial charge in [0.05, 0.1) is 37.7 Å². The molecule has 21 nitrogen and oxygen atoms in total. The summed E-state index contributed by atoms with van der Waals surface area (Å²) < 4.78 is 11.2. The monoisotopic (exact) mass is 1100 g/mol. The van der Waals surface area contributed by atoms with Gasteiger partial charge in [0.15, 0.2) is 23.3 Å². The number of piperazine rings is 1. The summed E-state index contributed by atoms with van der Waals surface area (Å²) in [5.74, 6) is 1.90. The number of nitrogens with one attached hydrogen (secondary N) is 3. The molecule has 6 aromatic carbocycles. The Morgan fingerprint density at radius 3 is 1.40 bits per heavy atom. The van der Waals surface area contributed by atoms with Crippen molar-refractivity contribution < 1.29 is 33.5 Å². The second kappa shape index (κ2) is 24.8. The van der Waals surface area contributed by atoms with E-state index in [0.29, 0.717) is 123 Å². The van der Waals surface area contributed by atoms with Crippen molar-refractivity contribution >= 4 is 58.6 Å². The van der Waals surface area contributed by atoms with Crippen LogP contribution in [-0.4, -0.2) is 149 Å². The minimum Gasteiger partial charge on any atom is -0.378 e. The highest BCUT2D eigenvalue weighted by atomic mass is 16.7. The van der Waals surface area contributed by atoms with E-state index in [1.807, 2.05) is 81.6 Å². The third-order valence-corrected chi connectivity index (χ3v) is 14.1. The molecule has 82 heavy (non-hydrogen) atoms. The van der Waals surface area contributed by atoms with Crippen LogP contribution < -0.4 is 30.8 Å². The van der Waals surface area contributed by atoms with Crippen molar-refractivity contribution in [2.75, 3.05) is 117 Å². The van der Waals surface area contributed by atoms with E-state index in [1.54, 1.807) is 77.7 Å². The summed E-state index contributed by atoms with van der Waals surface area (Å²) in [6.07, 6.45) is 0. The molecule has 11 rings (SSSR count). The van der Waals surface area contributed by atoms with E-state index < -0.39 is 18.0 Å². The lowest BCUT2D eigenvalue weighted by molar-refractivity contribution is 0.0490. The maximum Gasteiger partial charge on any atom is 0.363 e. The SMILES string of the molecule is Cc1ccc(-c2nc(-c3ccc(NC(=O)Nc4cccc(C(=O)ON(C(=O)Nc5cccc(C(=O)N6CCN(C)CC6)c5)c5ccc(-c6nc(-c7ccc(C)cc7)nc(N7CCOCC7)n6)cc5)c4)cc3)nc(N3CCOCC3)n2)cc1. The average molecular weight is 1100 g/mol. The molecule has 0 radical (unpaired) electrons. The van der Waals surface area contributed by atoms with Crippen LogP contribution in [0.4, 0.5) is 44.2 Å². The lowest BCUT2D eigenvalue weighted by atomic mass is 10.1. The van der Waals surface area contributed by atoms with E-state index in [-0.39, 0.29) is 22.8 Å². The number of hydrogen-bond donors (Lipinski definition) is 3. The number of aryl methyl sites for hydroxylation is 2. The topological polar surface area (TPSA) is 226 Å². The van der Waals surface area contributed by atoms with Gasteiger partial charge in [0.1, 0.15) is 0 Å². The summed E-state index contributed by atoms with van der Waals surface area (Å²) in [4.78, 5) is 98.8. The van der Waals surface area contributed by atoms with Gasteiger partial charge < -0.3 is 49.9 Å². The Kier molecular flexibility index (Phi) is 16.4. The van der Waals surface area contributed by atoms with Gasteiger partial charge in [0.25, 0.3) is 5.91 Å². The number of urea groups is 2.